The quantitative estimate of drug-likeness (QED) is 0.827. The Bertz CT molecular complexity index is 407. The molecule has 3 nitrogen and oxygen atoms in total. The molecule has 1 aromatic carbocycles. The Morgan fingerprint density at radius 3 is 2.62 bits per heavy atom. The van der Waals surface area contributed by atoms with Gasteiger partial charge in [0.25, 0.3) is 0 Å². The van der Waals surface area contributed by atoms with Crippen molar-refractivity contribution in [3.8, 4) is 5.75 Å². The van der Waals surface area contributed by atoms with Crippen LogP contribution in [0.1, 0.15) is 25.0 Å². The van der Waals surface area contributed by atoms with E-state index < -0.39 is 0 Å². The summed E-state index contributed by atoms with van der Waals surface area (Å²) in [5, 5.41) is 0. The number of benzene rings is 1. The summed E-state index contributed by atoms with van der Waals surface area (Å²) in [4.78, 5) is 2.26. The molecule has 0 saturated carbocycles. The van der Waals surface area contributed by atoms with E-state index in [0.717, 1.165) is 24.3 Å². The zero-order valence-electron chi connectivity index (χ0n) is 10.5. The lowest BCUT2D eigenvalue weighted by atomic mass is 9.92. The van der Waals surface area contributed by atoms with Crippen LogP contribution in [0.2, 0.25) is 0 Å². The van der Waals surface area contributed by atoms with Gasteiger partial charge < -0.3 is 15.4 Å². The van der Waals surface area contributed by atoms with Gasteiger partial charge in [-0.15, -0.1) is 0 Å². The van der Waals surface area contributed by atoms with Crippen molar-refractivity contribution in [2.45, 2.75) is 25.8 Å². The van der Waals surface area contributed by atoms with Gasteiger partial charge in [0.05, 0.1) is 7.11 Å². The third-order valence-corrected chi connectivity index (χ3v) is 3.24. The van der Waals surface area contributed by atoms with E-state index >= 15 is 0 Å². The summed E-state index contributed by atoms with van der Waals surface area (Å²) in [6.07, 6.45) is 1.04. The summed E-state index contributed by atoms with van der Waals surface area (Å²) in [5.74, 6) is 0.967. The first-order valence-electron chi connectivity index (χ1n) is 5.65. The van der Waals surface area contributed by atoms with Crippen LogP contribution in [0.25, 0.3) is 0 Å². The van der Waals surface area contributed by atoms with Gasteiger partial charge in [0, 0.05) is 35.9 Å². The predicted octanol–water partition coefficient (Wildman–Crippen LogP) is 1.88. The van der Waals surface area contributed by atoms with Crippen molar-refractivity contribution in [1.82, 2.24) is 0 Å². The molecule has 1 aliphatic heterocycles. The van der Waals surface area contributed by atoms with Crippen molar-refractivity contribution in [1.29, 1.82) is 0 Å². The highest BCUT2D eigenvalue weighted by atomic mass is 16.5. The number of anilines is 1. The van der Waals surface area contributed by atoms with Gasteiger partial charge in [0.15, 0.2) is 0 Å². The molecule has 2 N–H and O–H groups in total. The van der Waals surface area contributed by atoms with Gasteiger partial charge in [-0.25, -0.2) is 0 Å². The summed E-state index contributed by atoms with van der Waals surface area (Å²) in [6, 6.07) is 4.23. The largest absolute Gasteiger partial charge is 0.496 e. The Hall–Kier alpha value is -1.22. The maximum absolute atomic E-state index is 6.17. The van der Waals surface area contributed by atoms with Crippen LogP contribution >= 0.6 is 0 Å². The number of rotatable bonds is 2. The molecule has 16 heavy (non-hydrogen) atoms. The second-order valence-corrected chi connectivity index (χ2v) is 5.04. The van der Waals surface area contributed by atoms with E-state index in [2.05, 4.69) is 24.1 Å². The minimum absolute atomic E-state index is 0.360. The van der Waals surface area contributed by atoms with Crippen molar-refractivity contribution in [2.24, 2.45) is 5.73 Å². The molecule has 0 unspecified atom stereocenters. The van der Waals surface area contributed by atoms with Crippen LogP contribution in [0.5, 0.6) is 5.75 Å². The lowest BCUT2D eigenvalue weighted by Gasteiger charge is -2.24. The van der Waals surface area contributed by atoms with Gasteiger partial charge in [-0.2, -0.15) is 0 Å². The van der Waals surface area contributed by atoms with E-state index in [-0.39, 0.29) is 5.54 Å². The van der Waals surface area contributed by atoms with Gasteiger partial charge in [-0.1, -0.05) is 6.07 Å². The predicted molar refractivity (Wildman–Crippen MR) is 67.2 cm³/mol. The first-order chi connectivity index (χ1) is 7.45. The van der Waals surface area contributed by atoms with E-state index in [9.17, 15) is 0 Å². The topological polar surface area (TPSA) is 38.5 Å². The molecular formula is C13H20N2O. The van der Waals surface area contributed by atoms with Crippen LogP contribution in [0.15, 0.2) is 12.1 Å². The van der Waals surface area contributed by atoms with Gasteiger partial charge in [-0.05, 0) is 26.3 Å². The minimum Gasteiger partial charge on any atom is -0.496 e. The van der Waals surface area contributed by atoms with E-state index in [1.165, 1.54) is 11.3 Å². The molecule has 1 aliphatic rings. The zero-order chi connectivity index (χ0) is 11.9. The number of fused-ring (bicyclic) bond motifs is 1. The van der Waals surface area contributed by atoms with Crippen molar-refractivity contribution < 1.29 is 4.74 Å². The minimum atomic E-state index is -0.360. The van der Waals surface area contributed by atoms with E-state index in [0.29, 0.717) is 0 Å². The number of nitrogens with zero attached hydrogens (tertiary/aromatic N) is 1. The molecule has 0 radical (unpaired) electrons. The molecule has 1 aromatic rings. The SMILES string of the molecule is COc1c(C(C)(C)N)ccc2c1CCN2C. The number of ether oxygens (including phenoxy) is 1. The highest BCUT2D eigenvalue weighted by molar-refractivity contribution is 5.66. The van der Waals surface area contributed by atoms with Gasteiger partial charge >= 0.3 is 0 Å². The van der Waals surface area contributed by atoms with E-state index in [4.69, 9.17) is 10.5 Å². The number of hydrogen-bond donors (Lipinski definition) is 1. The zero-order valence-corrected chi connectivity index (χ0v) is 10.5. The number of nitrogens with two attached hydrogens (primary N) is 1. The van der Waals surface area contributed by atoms with Crippen molar-refractivity contribution in [3.63, 3.8) is 0 Å². The summed E-state index contributed by atoms with van der Waals surface area (Å²) in [7, 11) is 3.84. The maximum atomic E-state index is 6.17. The highest BCUT2D eigenvalue weighted by Gasteiger charge is 2.27. The molecule has 0 saturated heterocycles. The third-order valence-electron chi connectivity index (χ3n) is 3.24. The summed E-state index contributed by atoms with van der Waals surface area (Å²) in [6.45, 7) is 5.08. The molecule has 0 fully saturated rings. The molecule has 88 valence electrons. The second kappa shape index (κ2) is 3.67. The Labute approximate surface area is 97.2 Å². The first-order valence-corrected chi connectivity index (χ1v) is 5.65. The first kappa shape index (κ1) is 11.3. The Kier molecular flexibility index (Phi) is 2.58. The second-order valence-electron chi connectivity index (χ2n) is 5.04. The van der Waals surface area contributed by atoms with E-state index in [1.807, 2.05) is 13.8 Å². The molecule has 0 amide bonds. The molecular weight excluding hydrogens is 200 g/mol. The average Bonchev–Trinajstić information content (AvgIpc) is 2.58. The molecule has 2 rings (SSSR count). The lowest BCUT2D eigenvalue weighted by Crippen LogP contribution is -2.29. The summed E-state index contributed by atoms with van der Waals surface area (Å²) < 4.78 is 5.56. The van der Waals surface area contributed by atoms with Crippen molar-refractivity contribution >= 4 is 5.69 Å². The maximum Gasteiger partial charge on any atom is 0.129 e. The Morgan fingerprint density at radius 2 is 2.06 bits per heavy atom. The molecule has 0 spiro atoms. The summed E-state index contributed by atoms with van der Waals surface area (Å²) in [5.41, 5.74) is 9.46. The van der Waals surface area contributed by atoms with Crippen molar-refractivity contribution in [3.05, 3.63) is 23.3 Å². The highest BCUT2D eigenvalue weighted by Crippen LogP contribution is 2.40. The fourth-order valence-electron chi connectivity index (χ4n) is 2.36. The fourth-order valence-corrected chi connectivity index (χ4v) is 2.36. The number of hydrogen-bond acceptors (Lipinski definition) is 3. The average molecular weight is 220 g/mol. The molecule has 0 bridgehead atoms. The van der Waals surface area contributed by atoms with Crippen LogP contribution in [0.3, 0.4) is 0 Å². The summed E-state index contributed by atoms with van der Waals surface area (Å²) >= 11 is 0. The molecule has 3 heteroatoms. The monoisotopic (exact) mass is 220 g/mol. The normalized spacial score (nSPS) is 15.2. The van der Waals surface area contributed by atoms with E-state index in [1.54, 1.807) is 7.11 Å². The van der Waals surface area contributed by atoms with Gasteiger partial charge in [0.2, 0.25) is 0 Å². The van der Waals surface area contributed by atoms with Crippen LogP contribution < -0.4 is 15.4 Å². The Balaban J connectivity index is 2.59. The molecule has 0 atom stereocenters. The number of likely N-dealkylation sites (N-methyl/N-ethyl adjacent to an activating group) is 1. The standard InChI is InChI=1S/C13H20N2O/c1-13(2,14)10-5-6-11-9(12(10)16-4)7-8-15(11)3/h5-6H,7-8,14H2,1-4H3. The molecule has 0 aliphatic carbocycles. The van der Waals surface area contributed by atoms with Crippen LogP contribution in [-0.2, 0) is 12.0 Å². The number of methoxy groups -OCH3 is 1. The molecule has 1 heterocycles. The van der Waals surface area contributed by atoms with Crippen LogP contribution in [-0.4, -0.2) is 20.7 Å². The van der Waals surface area contributed by atoms with Crippen LogP contribution in [0.4, 0.5) is 5.69 Å². The Morgan fingerprint density at radius 1 is 1.38 bits per heavy atom. The van der Waals surface area contributed by atoms with Gasteiger partial charge in [-0.3, -0.25) is 0 Å². The van der Waals surface area contributed by atoms with Gasteiger partial charge in [0.1, 0.15) is 5.75 Å². The molecule has 0 aromatic heterocycles. The fraction of sp³-hybridized carbons (Fsp3) is 0.538. The smallest absolute Gasteiger partial charge is 0.129 e. The third kappa shape index (κ3) is 1.65. The lowest BCUT2D eigenvalue weighted by molar-refractivity contribution is 0.391. The van der Waals surface area contributed by atoms with Crippen molar-refractivity contribution in [2.75, 3.05) is 25.6 Å². The van der Waals surface area contributed by atoms with Crippen LogP contribution in [0, 0.1) is 0 Å².